The molecule has 0 N–H and O–H groups in total. The first-order chi connectivity index (χ1) is 15.6. The van der Waals surface area contributed by atoms with Crippen LogP contribution < -0.4 is 9.47 Å². The molecule has 2 aromatic carbocycles. The number of carbonyl (C=O) groups excluding carboxylic acids is 1. The van der Waals surface area contributed by atoms with Crippen molar-refractivity contribution < 1.29 is 36.9 Å². The van der Waals surface area contributed by atoms with Gasteiger partial charge in [-0.25, -0.2) is 4.79 Å². The van der Waals surface area contributed by atoms with Gasteiger partial charge < -0.3 is 18.9 Å². The van der Waals surface area contributed by atoms with Gasteiger partial charge in [-0.1, -0.05) is 47.5 Å². The summed E-state index contributed by atoms with van der Waals surface area (Å²) in [5.74, 6) is -0.279. The molecule has 0 amide bonds. The van der Waals surface area contributed by atoms with Crippen molar-refractivity contribution in [2.75, 3.05) is 20.8 Å². The van der Waals surface area contributed by atoms with E-state index in [9.17, 15) is 18.0 Å². The summed E-state index contributed by atoms with van der Waals surface area (Å²) in [5.41, 5.74) is 1.41. The van der Waals surface area contributed by atoms with Crippen LogP contribution in [0.3, 0.4) is 0 Å². The summed E-state index contributed by atoms with van der Waals surface area (Å²) < 4.78 is 57.4. The Morgan fingerprint density at radius 3 is 2.30 bits per heavy atom. The average Bonchev–Trinajstić information content (AvgIpc) is 2.76. The fourth-order valence-corrected chi connectivity index (χ4v) is 3.30. The van der Waals surface area contributed by atoms with Crippen LogP contribution in [-0.2, 0) is 20.9 Å². The quantitative estimate of drug-likeness (QED) is 0.186. The van der Waals surface area contributed by atoms with Gasteiger partial charge in [0.05, 0.1) is 35.0 Å². The molecule has 0 aliphatic heterocycles. The van der Waals surface area contributed by atoms with Crippen molar-refractivity contribution in [3.63, 3.8) is 0 Å². The predicted octanol–water partition coefficient (Wildman–Crippen LogP) is 6.95. The van der Waals surface area contributed by atoms with E-state index in [1.807, 2.05) is 0 Å². The molecule has 0 heterocycles. The number of hydrogen-bond donors (Lipinski definition) is 0. The molecule has 0 atom stereocenters. The van der Waals surface area contributed by atoms with Gasteiger partial charge in [0.15, 0.2) is 5.75 Å². The fourth-order valence-electron chi connectivity index (χ4n) is 2.59. The number of carbonyl (C=O) groups is 1. The summed E-state index contributed by atoms with van der Waals surface area (Å²) in [5, 5.41) is 0.105. The number of esters is 1. The van der Waals surface area contributed by atoms with Crippen molar-refractivity contribution in [3.8, 4) is 11.5 Å². The maximum atomic E-state index is 12.5. The highest BCUT2D eigenvalue weighted by atomic mass is 79.9. The number of allylic oxidation sites excluding steroid dienone is 1. The molecule has 11 heteroatoms. The minimum absolute atomic E-state index is 0.0146. The van der Waals surface area contributed by atoms with E-state index in [1.165, 1.54) is 32.6 Å². The van der Waals surface area contributed by atoms with Crippen LogP contribution in [0.1, 0.15) is 11.1 Å². The van der Waals surface area contributed by atoms with Gasteiger partial charge in [0, 0.05) is 12.1 Å². The molecule has 0 aromatic heterocycles. The van der Waals surface area contributed by atoms with Crippen LogP contribution in [0.2, 0.25) is 10.0 Å². The molecule has 0 radical (unpaired) electrons. The highest BCUT2D eigenvalue weighted by Gasteiger charge is 2.31. The van der Waals surface area contributed by atoms with E-state index in [0.29, 0.717) is 11.1 Å². The van der Waals surface area contributed by atoms with Crippen molar-refractivity contribution in [2.24, 2.45) is 0 Å². The molecule has 5 nitrogen and oxygen atoms in total. The minimum atomic E-state index is -4.52. The zero-order valence-corrected chi connectivity index (χ0v) is 20.4. The third kappa shape index (κ3) is 7.58. The predicted molar refractivity (Wildman–Crippen MR) is 123 cm³/mol. The van der Waals surface area contributed by atoms with E-state index in [1.54, 1.807) is 24.3 Å². The monoisotopic (exact) mass is 568 g/mol. The Morgan fingerprint density at radius 2 is 1.73 bits per heavy atom. The molecule has 0 saturated carbocycles. The van der Waals surface area contributed by atoms with Gasteiger partial charge in [-0.3, -0.25) is 0 Å². The third-order valence-corrected chi connectivity index (χ3v) is 5.41. The first-order valence-electron chi connectivity index (χ1n) is 9.15. The van der Waals surface area contributed by atoms with Crippen molar-refractivity contribution in [1.82, 2.24) is 0 Å². The number of alkyl halides is 3. The average molecular weight is 570 g/mol. The van der Waals surface area contributed by atoms with Gasteiger partial charge in [-0.15, -0.1) is 0 Å². The Hall–Kier alpha value is -2.36. The van der Waals surface area contributed by atoms with E-state index in [2.05, 4.69) is 15.9 Å². The van der Waals surface area contributed by atoms with E-state index in [4.69, 9.17) is 42.1 Å². The molecule has 2 rings (SSSR count). The summed E-state index contributed by atoms with van der Waals surface area (Å²) in [6.45, 7) is -0.363. The number of benzene rings is 2. The highest BCUT2D eigenvalue weighted by Crippen LogP contribution is 2.38. The molecule has 178 valence electrons. The SMILES string of the molecule is CO/C=C(/C(=O)OC)c1ccccc1COc1cc(Cl)c(OCC=C(Br)C(F)(F)F)c(Cl)c1. The highest BCUT2D eigenvalue weighted by molar-refractivity contribution is 9.11. The lowest BCUT2D eigenvalue weighted by Crippen LogP contribution is -2.08. The lowest BCUT2D eigenvalue weighted by atomic mass is 10.0. The zero-order valence-electron chi connectivity index (χ0n) is 17.3. The second kappa shape index (κ2) is 12.2. The van der Waals surface area contributed by atoms with Crippen LogP contribution in [0.15, 0.2) is 53.2 Å². The Balaban J connectivity index is 2.18. The van der Waals surface area contributed by atoms with E-state index >= 15 is 0 Å². The zero-order chi connectivity index (χ0) is 24.6. The van der Waals surface area contributed by atoms with Gasteiger partial charge in [0.1, 0.15) is 24.5 Å². The number of halogens is 6. The molecule has 33 heavy (non-hydrogen) atoms. The van der Waals surface area contributed by atoms with Crippen molar-refractivity contribution in [3.05, 3.63) is 74.4 Å². The standard InChI is InChI=1S/C22H18BrCl2F3O5/c1-30-12-16(21(29)31-2)15-6-4-3-5-13(15)11-33-14-9-17(24)20(18(25)10-14)32-8-7-19(23)22(26,27)28/h3-7,9-10,12H,8,11H2,1-2H3/b16-12+,19-7?. The van der Waals surface area contributed by atoms with Gasteiger partial charge >= 0.3 is 12.1 Å². The Bertz CT molecular complexity index is 1030. The van der Waals surface area contributed by atoms with E-state index < -0.39 is 23.2 Å². The molecular weight excluding hydrogens is 552 g/mol. The summed E-state index contributed by atoms with van der Waals surface area (Å²) >= 11 is 14.8. The van der Waals surface area contributed by atoms with E-state index in [0.717, 1.165) is 6.08 Å². The van der Waals surface area contributed by atoms with Crippen molar-refractivity contribution in [1.29, 1.82) is 0 Å². The lowest BCUT2D eigenvalue weighted by molar-refractivity contribution is -0.133. The van der Waals surface area contributed by atoms with Crippen molar-refractivity contribution in [2.45, 2.75) is 12.8 Å². The Kier molecular flexibility index (Phi) is 9.94. The Labute approximate surface area is 206 Å². The first-order valence-corrected chi connectivity index (χ1v) is 10.7. The van der Waals surface area contributed by atoms with E-state index in [-0.39, 0.29) is 33.7 Å². The summed E-state index contributed by atoms with van der Waals surface area (Å²) in [4.78, 5) is 12.1. The van der Waals surface area contributed by atoms with Gasteiger partial charge in [-0.05, 0) is 33.1 Å². The summed E-state index contributed by atoms with van der Waals surface area (Å²) in [6.07, 6.45) is -2.44. The summed E-state index contributed by atoms with van der Waals surface area (Å²) in [7, 11) is 2.67. The number of hydrogen-bond acceptors (Lipinski definition) is 5. The smallest absolute Gasteiger partial charge is 0.422 e. The Morgan fingerprint density at radius 1 is 1.09 bits per heavy atom. The summed E-state index contributed by atoms with van der Waals surface area (Å²) in [6, 6.07) is 9.82. The molecule has 0 saturated heterocycles. The molecular formula is C22H18BrCl2F3O5. The van der Waals surface area contributed by atoms with Gasteiger partial charge in [-0.2, -0.15) is 13.2 Å². The molecule has 0 aliphatic rings. The largest absolute Gasteiger partial charge is 0.503 e. The number of methoxy groups -OCH3 is 2. The minimum Gasteiger partial charge on any atom is -0.503 e. The lowest BCUT2D eigenvalue weighted by Gasteiger charge is -2.14. The van der Waals surface area contributed by atoms with Crippen LogP contribution in [0.25, 0.3) is 5.57 Å². The number of ether oxygens (including phenoxy) is 4. The van der Waals surface area contributed by atoms with Gasteiger partial charge in [0.25, 0.3) is 0 Å². The maximum Gasteiger partial charge on any atom is 0.422 e. The molecule has 0 spiro atoms. The van der Waals surface area contributed by atoms with Crippen LogP contribution in [0.5, 0.6) is 11.5 Å². The van der Waals surface area contributed by atoms with Crippen LogP contribution >= 0.6 is 39.1 Å². The molecule has 0 unspecified atom stereocenters. The van der Waals surface area contributed by atoms with Gasteiger partial charge in [0.2, 0.25) is 0 Å². The number of rotatable bonds is 9. The first kappa shape index (κ1) is 26.9. The second-order valence-electron chi connectivity index (χ2n) is 6.28. The topological polar surface area (TPSA) is 54.0 Å². The fraction of sp³-hybridized carbons (Fsp3) is 0.227. The maximum absolute atomic E-state index is 12.5. The molecule has 2 aromatic rings. The van der Waals surface area contributed by atoms with Crippen LogP contribution in [0, 0.1) is 0 Å². The van der Waals surface area contributed by atoms with Crippen LogP contribution in [0.4, 0.5) is 13.2 Å². The van der Waals surface area contributed by atoms with Crippen LogP contribution in [-0.4, -0.2) is 33.0 Å². The third-order valence-electron chi connectivity index (χ3n) is 4.08. The second-order valence-corrected chi connectivity index (χ2v) is 7.95. The molecule has 0 aliphatic carbocycles. The molecule has 0 fully saturated rings. The molecule has 0 bridgehead atoms. The normalized spacial score (nSPS) is 12.4. The van der Waals surface area contributed by atoms with Crippen molar-refractivity contribution >= 4 is 50.7 Å².